The maximum absolute atomic E-state index is 12.7. The molecule has 6 heteroatoms. The summed E-state index contributed by atoms with van der Waals surface area (Å²) in [6, 6.07) is 3.90. The van der Waals surface area contributed by atoms with Crippen LogP contribution in [0.5, 0.6) is 0 Å². The molecule has 1 rings (SSSR count). The Morgan fingerprint density at radius 3 is 2.67 bits per heavy atom. The minimum atomic E-state index is -2.99. The molecule has 0 heterocycles. The van der Waals surface area contributed by atoms with Crippen molar-refractivity contribution < 1.29 is 12.8 Å². The smallest absolute Gasteiger partial charge is 0.149 e. The zero-order chi connectivity index (χ0) is 11.5. The van der Waals surface area contributed by atoms with E-state index in [1.807, 2.05) is 0 Å². The van der Waals surface area contributed by atoms with Gasteiger partial charge in [0, 0.05) is 12.8 Å². The van der Waals surface area contributed by atoms with Gasteiger partial charge in [0.15, 0.2) is 0 Å². The van der Waals surface area contributed by atoms with Gasteiger partial charge in [0.2, 0.25) is 0 Å². The van der Waals surface area contributed by atoms with E-state index in [4.69, 9.17) is 11.6 Å². The number of halogens is 2. The van der Waals surface area contributed by atoms with E-state index in [1.165, 1.54) is 18.2 Å². The van der Waals surface area contributed by atoms with Crippen molar-refractivity contribution in [2.75, 3.05) is 23.9 Å². The van der Waals surface area contributed by atoms with Crippen molar-refractivity contribution in [3.63, 3.8) is 0 Å². The second-order valence-corrected chi connectivity index (χ2v) is 5.85. The molecular weight excluding hydrogens is 241 g/mol. The summed E-state index contributed by atoms with van der Waals surface area (Å²) in [5.41, 5.74) is 0.529. The van der Waals surface area contributed by atoms with Crippen molar-refractivity contribution in [1.82, 2.24) is 0 Å². The van der Waals surface area contributed by atoms with Crippen LogP contribution < -0.4 is 5.32 Å². The average molecular weight is 252 g/mol. The monoisotopic (exact) mass is 251 g/mol. The average Bonchev–Trinajstić information content (AvgIpc) is 2.07. The fraction of sp³-hybridized carbons (Fsp3) is 0.333. The van der Waals surface area contributed by atoms with E-state index in [0.29, 0.717) is 5.69 Å². The third-order valence-electron chi connectivity index (χ3n) is 1.72. The highest BCUT2D eigenvalue weighted by Crippen LogP contribution is 2.21. The van der Waals surface area contributed by atoms with Gasteiger partial charge in [-0.15, -0.1) is 0 Å². The van der Waals surface area contributed by atoms with Gasteiger partial charge >= 0.3 is 0 Å². The highest BCUT2D eigenvalue weighted by atomic mass is 35.5. The van der Waals surface area contributed by atoms with E-state index in [2.05, 4.69) is 5.32 Å². The van der Waals surface area contributed by atoms with E-state index >= 15 is 0 Å². The first-order chi connectivity index (χ1) is 6.88. The molecule has 0 aliphatic rings. The maximum Gasteiger partial charge on any atom is 0.149 e. The number of hydrogen-bond acceptors (Lipinski definition) is 3. The summed E-state index contributed by atoms with van der Waals surface area (Å²) < 4.78 is 34.3. The number of anilines is 1. The van der Waals surface area contributed by atoms with E-state index in [9.17, 15) is 12.8 Å². The number of hydrogen-bond donors (Lipinski definition) is 1. The lowest BCUT2D eigenvalue weighted by Crippen LogP contribution is -2.14. The van der Waals surface area contributed by atoms with Crippen LogP contribution in [0.1, 0.15) is 0 Å². The summed E-state index contributed by atoms with van der Waals surface area (Å²) in [6.07, 6.45) is 1.15. The lowest BCUT2D eigenvalue weighted by Gasteiger charge is -2.07. The Morgan fingerprint density at radius 1 is 1.47 bits per heavy atom. The molecule has 0 bridgehead atoms. The van der Waals surface area contributed by atoms with Gasteiger partial charge in [-0.25, -0.2) is 12.8 Å². The molecule has 0 aliphatic carbocycles. The molecule has 15 heavy (non-hydrogen) atoms. The second kappa shape index (κ2) is 4.81. The van der Waals surface area contributed by atoms with Crippen molar-refractivity contribution >= 4 is 27.1 Å². The van der Waals surface area contributed by atoms with Gasteiger partial charge in [-0.2, -0.15) is 0 Å². The topological polar surface area (TPSA) is 46.2 Å². The number of nitrogens with one attached hydrogen (secondary N) is 1. The fourth-order valence-electron chi connectivity index (χ4n) is 1.00. The van der Waals surface area contributed by atoms with Gasteiger partial charge in [-0.3, -0.25) is 0 Å². The number of benzene rings is 1. The third-order valence-corrected chi connectivity index (χ3v) is 2.98. The van der Waals surface area contributed by atoms with E-state index in [-0.39, 0.29) is 17.3 Å². The maximum atomic E-state index is 12.7. The standard InChI is InChI=1S/C9H11ClFNO2S/c1-15(13,14)5-4-12-9-3-2-7(11)6-8(9)10/h2-3,6,12H,4-5H2,1H3. The van der Waals surface area contributed by atoms with Crippen molar-refractivity contribution in [2.45, 2.75) is 0 Å². The van der Waals surface area contributed by atoms with Gasteiger partial charge in [-0.1, -0.05) is 11.6 Å². The lowest BCUT2D eigenvalue weighted by atomic mass is 10.3. The molecule has 0 saturated carbocycles. The predicted molar refractivity (Wildman–Crippen MR) is 59.6 cm³/mol. The third kappa shape index (κ3) is 4.48. The summed E-state index contributed by atoms with van der Waals surface area (Å²) in [4.78, 5) is 0. The molecule has 0 fully saturated rings. The fourth-order valence-corrected chi connectivity index (χ4v) is 1.71. The summed E-state index contributed by atoms with van der Waals surface area (Å²) in [6.45, 7) is 0.254. The van der Waals surface area contributed by atoms with Crippen molar-refractivity contribution in [3.05, 3.63) is 29.0 Å². The molecule has 0 unspecified atom stereocenters. The molecule has 0 spiro atoms. The van der Waals surface area contributed by atoms with Crippen LogP contribution in [0.2, 0.25) is 5.02 Å². The molecule has 84 valence electrons. The Morgan fingerprint density at radius 2 is 2.13 bits per heavy atom. The Hall–Kier alpha value is -0.810. The van der Waals surface area contributed by atoms with Crippen LogP contribution >= 0.6 is 11.6 Å². The van der Waals surface area contributed by atoms with Gasteiger partial charge in [0.05, 0.1) is 16.5 Å². The number of sulfone groups is 1. The highest BCUT2D eigenvalue weighted by Gasteiger charge is 2.04. The van der Waals surface area contributed by atoms with Gasteiger partial charge in [-0.05, 0) is 18.2 Å². The minimum Gasteiger partial charge on any atom is -0.383 e. The summed E-state index contributed by atoms with van der Waals surface area (Å²) >= 11 is 5.73. The molecule has 0 amide bonds. The summed E-state index contributed by atoms with van der Waals surface area (Å²) in [7, 11) is -2.99. The molecule has 0 saturated heterocycles. The van der Waals surface area contributed by atoms with Crippen LogP contribution in [0.15, 0.2) is 18.2 Å². The Kier molecular flexibility index (Phi) is 3.93. The Labute approximate surface area is 93.2 Å². The molecular formula is C9H11ClFNO2S. The molecule has 1 aromatic rings. The van der Waals surface area contributed by atoms with Crippen LogP contribution in [0.25, 0.3) is 0 Å². The molecule has 0 atom stereocenters. The van der Waals surface area contributed by atoms with Crippen LogP contribution in [0.3, 0.4) is 0 Å². The minimum absolute atomic E-state index is 0.0146. The predicted octanol–water partition coefficient (Wildman–Crippen LogP) is 1.94. The van der Waals surface area contributed by atoms with E-state index in [1.54, 1.807) is 0 Å². The molecule has 0 aliphatic heterocycles. The lowest BCUT2D eigenvalue weighted by molar-refractivity contribution is 0.602. The van der Waals surface area contributed by atoms with Gasteiger partial charge in [0.25, 0.3) is 0 Å². The van der Waals surface area contributed by atoms with Gasteiger partial charge < -0.3 is 5.32 Å². The van der Waals surface area contributed by atoms with Crippen LogP contribution in [-0.2, 0) is 9.84 Å². The van der Waals surface area contributed by atoms with Crippen molar-refractivity contribution in [2.24, 2.45) is 0 Å². The molecule has 0 radical (unpaired) electrons. The zero-order valence-corrected chi connectivity index (χ0v) is 9.70. The summed E-state index contributed by atoms with van der Waals surface area (Å²) in [5, 5.41) is 3.06. The van der Waals surface area contributed by atoms with Crippen LogP contribution in [0.4, 0.5) is 10.1 Å². The molecule has 1 N–H and O–H groups in total. The first-order valence-electron chi connectivity index (χ1n) is 4.25. The molecule has 0 aromatic heterocycles. The van der Waals surface area contributed by atoms with Gasteiger partial charge in [0.1, 0.15) is 15.7 Å². The normalized spacial score (nSPS) is 11.4. The second-order valence-electron chi connectivity index (χ2n) is 3.18. The summed E-state index contributed by atoms with van der Waals surface area (Å²) in [5.74, 6) is -0.408. The van der Waals surface area contributed by atoms with Crippen molar-refractivity contribution in [3.8, 4) is 0 Å². The Balaban J connectivity index is 2.59. The first-order valence-corrected chi connectivity index (χ1v) is 6.69. The largest absolute Gasteiger partial charge is 0.383 e. The van der Waals surface area contributed by atoms with E-state index in [0.717, 1.165) is 6.26 Å². The SMILES string of the molecule is CS(=O)(=O)CCNc1ccc(F)cc1Cl. The Bertz CT molecular complexity index is 447. The van der Waals surface area contributed by atoms with Crippen LogP contribution in [0, 0.1) is 5.82 Å². The first kappa shape index (κ1) is 12.3. The molecule has 1 aromatic carbocycles. The van der Waals surface area contributed by atoms with E-state index < -0.39 is 15.7 Å². The zero-order valence-electron chi connectivity index (χ0n) is 8.13. The number of rotatable bonds is 4. The quantitative estimate of drug-likeness (QED) is 0.890. The van der Waals surface area contributed by atoms with Crippen LogP contribution in [-0.4, -0.2) is 27.0 Å². The highest BCUT2D eigenvalue weighted by molar-refractivity contribution is 7.90. The van der Waals surface area contributed by atoms with Crippen molar-refractivity contribution in [1.29, 1.82) is 0 Å². The molecule has 3 nitrogen and oxygen atoms in total.